The Hall–Kier alpha value is -3.53. The zero-order chi connectivity index (χ0) is 22.8. The molecule has 0 radical (unpaired) electrons. The maximum absolute atomic E-state index is 12.8. The number of methoxy groups -OCH3 is 1. The number of para-hydroxylation sites is 3. The van der Waals surface area contributed by atoms with E-state index in [0.717, 1.165) is 36.5 Å². The van der Waals surface area contributed by atoms with Crippen molar-refractivity contribution in [2.45, 2.75) is 38.1 Å². The minimum Gasteiger partial charge on any atom is -0.495 e. The Morgan fingerprint density at radius 3 is 2.66 bits per heavy atom. The highest BCUT2D eigenvalue weighted by Gasteiger charge is 2.24. The molecule has 7 nitrogen and oxygen atoms in total. The van der Waals surface area contributed by atoms with Crippen LogP contribution >= 0.6 is 0 Å². The molecule has 0 aliphatic carbocycles. The standard InChI is InChI=1S/C25H30N4O3/c1-32-23-13-6-5-12-22(23)28-17-7-9-20(19-28)27-24(30)14-15-25(31)29(18-8-16-26)21-10-3-2-4-11-21/h2-6,10-13,20H,7-9,14-15,17-19H2,1H3,(H,27,30). The summed E-state index contributed by atoms with van der Waals surface area (Å²) in [6.07, 6.45) is 2.35. The normalized spacial score (nSPS) is 15.5. The summed E-state index contributed by atoms with van der Waals surface area (Å²) in [6.45, 7) is 1.94. The number of nitriles is 1. The Morgan fingerprint density at radius 1 is 1.16 bits per heavy atom. The Balaban J connectivity index is 1.53. The predicted octanol–water partition coefficient (Wildman–Crippen LogP) is 3.51. The second-order valence-corrected chi connectivity index (χ2v) is 7.81. The van der Waals surface area contributed by atoms with Gasteiger partial charge < -0.3 is 19.9 Å². The van der Waals surface area contributed by atoms with Crippen molar-refractivity contribution in [3.05, 3.63) is 54.6 Å². The minimum absolute atomic E-state index is 0.0279. The first-order valence-corrected chi connectivity index (χ1v) is 11.0. The summed E-state index contributed by atoms with van der Waals surface area (Å²) in [5, 5.41) is 12.0. The number of hydrogen-bond acceptors (Lipinski definition) is 5. The summed E-state index contributed by atoms with van der Waals surface area (Å²) in [6, 6.07) is 19.3. The second kappa shape index (κ2) is 11.8. The lowest BCUT2D eigenvalue weighted by molar-refractivity contribution is -0.125. The van der Waals surface area contributed by atoms with Crippen LogP contribution in [0.2, 0.25) is 0 Å². The molecule has 7 heteroatoms. The fourth-order valence-electron chi connectivity index (χ4n) is 4.03. The van der Waals surface area contributed by atoms with Crippen molar-refractivity contribution < 1.29 is 14.3 Å². The van der Waals surface area contributed by atoms with Gasteiger partial charge in [-0.2, -0.15) is 5.26 Å². The molecule has 2 aromatic rings. The molecule has 1 atom stereocenters. The van der Waals surface area contributed by atoms with E-state index in [1.54, 1.807) is 12.0 Å². The third-order valence-electron chi connectivity index (χ3n) is 5.59. The van der Waals surface area contributed by atoms with Crippen molar-refractivity contribution >= 4 is 23.2 Å². The molecule has 1 aliphatic rings. The van der Waals surface area contributed by atoms with E-state index in [4.69, 9.17) is 10.00 Å². The van der Waals surface area contributed by atoms with Crippen LogP contribution in [0.4, 0.5) is 11.4 Å². The average molecular weight is 435 g/mol. The van der Waals surface area contributed by atoms with Gasteiger partial charge in [-0.05, 0) is 37.1 Å². The van der Waals surface area contributed by atoms with Gasteiger partial charge in [0.05, 0.1) is 25.3 Å². The van der Waals surface area contributed by atoms with E-state index in [9.17, 15) is 9.59 Å². The number of nitrogens with one attached hydrogen (secondary N) is 1. The zero-order valence-electron chi connectivity index (χ0n) is 18.5. The van der Waals surface area contributed by atoms with Crippen molar-refractivity contribution in [3.63, 3.8) is 0 Å². The van der Waals surface area contributed by atoms with E-state index in [1.807, 2.05) is 54.6 Å². The van der Waals surface area contributed by atoms with Crippen LogP contribution < -0.4 is 19.9 Å². The molecule has 3 rings (SSSR count). The first-order chi connectivity index (χ1) is 15.6. The summed E-state index contributed by atoms with van der Waals surface area (Å²) < 4.78 is 5.48. The number of hydrogen-bond donors (Lipinski definition) is 1. The summed E-state index contributed by atoms with van der Waals surface area (Å²) >= 11 is 0. The number of carbonyl (C=O) groups excluding carboxylic acids is 2. The van der Waals surface area contributed by atoms with Gasteiger partial charge in [-0.3, -0.25) is 9.59 Å². The molecule has 1 unspecified atom stereocenters. The number of rotatable bonds is 9. The van der Waals surface area contributed by atoms with Crippen LogP contribution in [-0.2, 0) is 9.59 Å². The fraction of sp³-hybridized carbons (Fsp3) is 0.400. The van der Waals surface area contributed by atoms with Crippen molar-refractivity contribution in [2.75, 3.05) is 36.5 Å². The van der Waals surface area contributed by atoms with E-state index in [-0.39, 0.29) is 37.1 Å². The van der Waals surface area contributed by atoms with Gasteiger partial charge in [-0.1, -0.05) is 30.3 Å². The number of nitrogens with zero attached hydrogens (tertiary/aromatic N) is 3. The summed E-state index contributed by atoms with van der Waals surface area (Å²) in [7, 11) is 1.66. The van der Waals surface area contributed by atoms with Crippen molar-refractivity contribution in [1.82, 2.24) is 5.32 Å². The van der Waals surface area contributed by atoms with E-state index < -0.39 is 0 Å². The summed E-state index contributed by atoms with van der Waals surface area (Å²) in [5.41, 5.74) is 1.77. The number of amides is 2. The molecule has 168 valence electrons. The predicted molar refractivity (Wildman–Crippen MR) is 125 cm³/mol. The Kier molecular flexibility index (Phi) is 8.50. The van der Waals surface area contributed by atoms with Crippen LogP contribution in [0, 0.1) is 11.3 Å². The van der Waals surface area contributed by atoms with E-state index in [0.29, 0.717) is 13.1 Å². The van der Waals surface area contributed by atoms with Gasteiger partial charge in [-0.25, -0.2) is 0 Å². The molecule has 0 aromatic heterocycles. The fourth-order valence-corrected chi connectivity index (χ4v) is 4.03. The van der Waals surface area contributed by atoms with Crippen LogP contribution in [-0.4, -0.2) is 44.6 Å². The Morgan fingerprint density at radius 2 is 1.91 bits per heavy atom. The molecule has 2 aromatic carbocycles. The zero-order valence-corrected chi connectivity index (χ0v) is 18.5. The third kappa shape index (κ3) is 6.24. The van der Waals surface area contributed by atoms with E-state index >= 15 is 0 Å². The first-order valence-electron chi connectivity index (χ1n) is 11.0. The monoisotopic (exact) mass is 434 g/mol. The molecule has 1 N–H and O–H groups in total. The van der Waals surface area contributed by atoms with Gasteiger partial charge >= 0.3 is 0 Å². The summed E-state index contributed by atoms with van der Waals surface area (Å²) in [5.74, 6) is 0.544. The van der Waals surface area contributed by atoms with Crippen molar-refractivity contribution in [1.29, 1.82) is 5.26 Å². The Labute approximate surface area is 189 Å². The number of anilines is 2. The van der Waals surface area contributed by atoms with Crippen LogP contribution in [0.25, 0.3) is 0 Å². The van der Waals surface area contributed by atoms with Gasteiger partial charge in [0, 0.05) is 44.2 Å². The van der Waals surface area contributed by atoms with Crippen molar-refractivity contribution in [2.24, 2.45) is 0 Å². The van der Waals surface area contributed by atoms with Crippen LogP contribution in [0.15, 0.2) is 54.6 Å². The number of ether oxygens (including phenoxy) is 1. The molecular weight excluding hydrogens is 404 g/mol. The topological polar surface area (TPSA) is 85.7 Å². The molecule has 0 bridgehead atoms. The highest BCUT2D eigenvalue weighted by molar-refractivity contribution is 5.95. The molecule has 0 saturated carbocycles. The second-order valence-electron chi connectivity index (χ2n) is 7.81. The molecule has 32 heavy (non-hydrogen) atoms. The molecule has 1 aliphatic heterocycles. The lowest BCUT2D eigenvalue weighted by atomic mass is 10.0. The maximum atomic E-state index is 12.8. The van der Waals surface area contributed by atoms with Crippen LogP contribution in [0.3, 0.4) is 0 Å². The van der Waals surface area contributed by atoms with Crippen LogP contribution in [0.1, 0.15) is 32.1 Å². The molecule has 0 spiro atoms. The number of piperidine rings is 1. The van der Waals surface area contributed by atoms with E-state index in [1.165, 1.54) is 0 Å². The van der Waals surface area contributed by atoms with Gasteiger partial charge in [0.2, 0.25) is 11.8 Å². The first kappa shape index (κ1) is 23.1. The largest absolute Gasteiger partial charge is 0.495 e. The highest BCUT2D eigenvalue weighted by atomic mass is 16.5. The SMILES string of the molecule is COc1ccccc1N1CCCC(NC(=O)CCC(=O)N(CCC#N)c2ccccc2)C1. The molecule has 1 heterocycles. The average Bonchev–Trinajstić information content (AvgIpc) is 2.83. The van der Waals surface area contributed by atoms with Crippen molar-refractivity contribution in [3.8, 4) is 11.8 Å². The third-order valence-corrected chi connectivity index (χ3v) is 5.59. The molecule has 1 saturated heterocycles. The summed E-state index contributed by atoms with van der Waals surface area (Å²) in [4.78, 5) is 29.2. The molecule has 2 amide bonds. The lowest BCUT2D eigenvalue weighted by Gasteiger charge is -2.35. The van der Waals surface area contributed by atoms with Gasteiger partial charge in [0.15, 0.2) is 0 Å². The highest BCUT2D eigenvalue weighted by Crippen LogP contribution is 2.29. The van der Waals surface area contributed by atoms with Gasteiger partial charge in [0.1, 0.15) is 5.75 Å². The number of carbonyl (C=O) groups is 2. The smallest absolute Gasteiger partial charge is 0.227 e. The lowest BCUT2D eigenvalue weighted by Crippen LogP contribution is -2.48. The van der Waals surface area contributed by atoms with Gasteiger partial charge in [-0.15, -0.1) is 0 Å². The number of benzene rings is 2. The molecule has 1 fully saturated rings. The maximum Gasteiger partial charge on any atom is 0.227 e. The Bertz CT molecular complexity index is 942. The minimum atomic E-state index is -0.152. The quantitative estimate of drug-likeness (QED) is 0.653. The van der Waals surface area contributed by atoms with Gasteiger partial charge in [0.25, 0.3) is 0 Å². The molecular formula is C25H30N4O3. The van der Waals surface area contributed by atoms with E-state index in [2.05, 4.69) is 16.3 Å². The van der Waals surface area contributed by atoms with Crippen LogP contribution in [0.5, 0.6) is 5.75 Å².